The zero-order valence-corrected chi connectivity index (χ0v) is 10.5. The number of H-pyrrole nitrogens is 1. The van der Waals surface area contributed by atoms with Crippen LogP contribution < -0.4 is 0 Å². The van der Waals surface area contributed by atoms with Gasteiger partial charge in [0.25, 0.3) is 0 Å². The number of hydroxylamine groups is 2. The summed E-state index contributed by atoms with van der Waals surface area (Å²) in [6.07, 6.45) is 2.67. The Balaban J connectivity index is 2.09. The van der Waals surface area contributed by atoms with Crippen LogP contribution in [0.1, 0.15) is 11.7 Å². The van der Waals surface area contributed by atoms with Crippen LogP contribution in [0.5, 0.6) is 0 Å². The highest BCUT2D eigenvalue weighted by molar-refractivity contribution is 6.36. The van der Waals surface area contributed by atoms with E-state index in [2.05, 4.69) is 15.0 Å². The Hall–Kier alpha value is -2.12. The van der Waals surface area contributed by atoms with E-state index in [-0.39, 0.29) is 5.90 Å². The highest BCUT2D eigenvalue weighted by Crippen LogP contribution is 2.34. The predicted molar refractivity (Wildman–Crippen MR) is 67.8 cm³/mol. The molecule has 1 unspecified atom stereocenters. The van der Waals surface area contributed by atoms with Gasteiger partial charge in [0.05, 0.1) is 5.02 Å². The summed E-state index contributed by atoms with van der Waals surface area (Å²) in [6.45, 7) is 0. The Kier molecular flexibility index (Phi) is 2.65. The molecule has 0 spiro atoms. The van der Waals surface area contributed by atoms with Crippen LogP contribution >= 0.6 is 11.6 Å². The Labute approximate surface area is 112 Å². The number of halogens is 1. The molecule has 7 nitrogen and oxygen atoms in total. The van der Waals surface area contributed by atoms with Crippen LogP contribution in [-0.2, 0) is 9.63 Å². The number of aliphatic imine (C=N–C) groups is 1. The molecular weight excluding hydrogens is 272 g/mol. The Bertz CT molecular complexity index is 696. The topological polar surface area (TPSA) is 90.8 Å². The summed E-state index contributed by atoms with van der Waals surface area (Å²) in [5.41, 5.74) is 1.25. The van der Waals surface area contributed by atoms with Gasteiger partial charge in [-0.15, -0.1) is 5.06 Å². The Morgan fingerprint density at radius 2 is 2.42 bits per heavy atom. The number of hydrogen-bond acceptors (Lipinski definition) is 5. The molecule has 3 rings (SSSR count). The molecule has 0 saturated heterocycles. The van der Waals surface area contributed by atoms with Gasteiger partial charge in [-0.3, -0.25) is 0 Å². The maximum Gasteiger partial charge on any atom is 0.393 e. The van der Waals surface area contributed by atoms with Crippen molar-refractivity contribution in [2.45, 2.75) is 6.17 Å². The zero-order valence-electron chi connectivity index (χ0n) is 9.79. The summed E-state index contributed by atoms with van der Waals surface area (Å²) < 4.78 is 0. The number of hydrogen-bond donors (Lipinski definition) is 2. The third kappa shape index (κ3) is 1.83. The van der Waals surface area contributed by atoms with Crippen LogP contribution in [-0.4, -0.2) is 39.1 Å². The second kappa shape index (κ2) is 4.22. The Morgan fingerprint density at radius 3 is 3.11 bits per heavy atom. The number of nitrogens with one attached hydrogen (secondary N) is 1. The molecule has 1 aliphatic heterocycles. The smallest absolute Gasteiger partial charge is 0.393 e. The van der Waals surface area contributed by atoms with E-state index < -0.39 is 12.1 Å². The van der Waals surface area contributed by atoms with E-state index in [0.29, 0.717) is 16.2 Å². The first-order valence-corrected chi connectivity index (χ1v) is 5.79. The van der Waals surface area contributed by atoms with Crippen LogP contribution in [0.3, 0.4) is 0 Å². The fourth-order valence-corrected chi connectivity index (χ4v) is 2.23. The van der Waals surface area contributed by atoms with Gasteiger partial charge < -0.3 is 14.9 Å². The van der Waals surface area contributed by atoms with E-state index in [1.165, 1.54) is 5.06 Å². The predicted octanol–water partition coefficient (Wildman–Crippen LogP) is 1.57. The average Bonchev–Trinajstić information content (AvgIpc) is 2.97. The lowest BCUT2D eigenvalue weighted by Crippen LogP contribution is -2.22. The van der Waals surface area contributed by atoms with E-state index in [9.17, 15) is 4.79 Å². The summed E-state index contributed by atoms with van der Waals surface area (Å²) in [6, 6.07) is 1.80. The van der Waals surface area contributed by atoms with Crippen LogP contribution in [0, 0.1) is 0 Å². The monoisotopic (exact) mass is 280 g/mol. The summed E-state index contributed by atoms with van der Waals surface area (Å²) in [4.78, 5) is 27.0. The van der Waals surface area contributed by atoms with E-state index >= 15 is 0 Å². The molecule has 1 aliphatic rings. The van der Waals surface area contributed by atoms with Crippen molar-refractivity contribution >= 4 is 34.5 Å². The van der Waals surface area contributed by atoms with Crippen molar-refractivity contribution in [2.24, 2.45) is 4.99 Å². The van der Waals surface area contributed by atoms with Crippen LogP contribution in [0.15, 0.2) is 23.5 Å². The number of nitrogens with zero attached hydrogens (tertiary/aromatic N) is 3. The molecule has 0 saturated carbocycles. The van der Waals surface area contributed by atoms with E-state index in [1.54, 1.807) is 25.5 Å². The molecule has 8 heteroatoms. The fraction of sp³-hybridized carbons (Fsp3) is 0.182. The van der Waals surface area contributed by atoms with E-state index in [0.717, 1.165) is 5.39 Å². The maximum atomic E-state index is 10.8. The molecule has 0 fully saturated rings. The molecule has 0 bridgehead atoms. The van der Waals surface area contributed by atoms with Crippen LogP contribution in [0.25, 0.3) is 11.0 Å². The fourth-order valence-electron chi connectivity index (χ4n) is 1.93. The van der Waals surface area contributed by atoms with E-state index in [1.807, 2.05) is 0 Å². The minimum atomic E-state index is -1.22. The number of aromatic amines is 1. The minimum Gasteiger partial charge on any atom is -0.474 e. The molecule has 2 aromatic heterocycles. The lowest BCUT2D eigenvalue weighted by Gasteiger charge is -2.16. The molecule has 2 aromatic rings. The van der Waals surface area contributed by atoms with Gasteiger partial charge in [-0.1, -0.05) is 11.6 Å². The number of pyridine rings is 1. The third-order valence-corrected chi connectivity index (χ3v) is 3.25. The van der Waals surface area contributed by atoms with Gasteiger partial charge in [-0.05, 0) is 6.07 Å². The summed E-state index contributed by atoms with van der Waals surface area (Å²) >= 11 is 6.30. The maximum absolute atomic E-state index is 10.8. The van der Waals surface area contributed by atoms with Gasteiger partial charge in [0.2, 0.25) is 0 Å². The quantitative estimate of drug-likeness (QED) is 0.871. The van der Waals surface area contributed by atoms with Gasteiger partial charge in [-0.2, -0.15) is 0 Å². The largest absolute Gasteiger partial charge is 0.474 e. The van der Waals surface area contributed by atoms with Gasteiger partial charge >= 0.3 is 11.9 Å². The standard InChI is InChI=1S/C11H9ClN4O3/c1-16-9(15-10(19-16)11(17)18)6-4-14-8-5(7(6)12)2-3-13-8/h2-4,9H,1H3,(H,13,14)(H,17,18). The van der Waals surface area contributed by atoms with Crippen molar-refractivity contribution in [3.63, 3.8) is 0 Å². The summed E-state index contributed by atoms with van der Waals surface area (Å²) in [5.74, 6) is -1.58. The first-order valence-electron chi connectivity index (χ1n) is 5.41. The first-order chi connectivity index (χ1) is 9.08. The molecule has 0 aromatic carbocycles. The van der Waals surface area contributed by atoms with Crippen LogP contribution in [0.2, 0.25) is 5.02 Å². The zero-order chi connectivity index (χ0) is 13.6. The summed E-state index contributed by atoms with van der Waals surface area (Å²) in [5, 5.41) is 11.4. The summed E-state index contributed by atoms with van der Waals surface area (Å²) in [7, 11) is 1.59. The van der Waals surface area contributed by atoms with Crippen molar-refractivity contribution < 1.29 is 14.7 Å². The lowest BCUT2D eigenvalue weighted by molar-refractivity contribution is -0.134. The number of aromatic nitrogens is 2. The molecule has 1 atom stereocenters. The van der Waals surface area contributed by atoms with Crippen molar-refractivity contribution in [1.82, 2.24) is 15.0 Å². The SMILES string of the molecule is CN1OC(C(=O)O)=NC1c1cnc2[nH]ccc2c1Cl. The molecule has 0 aliphatic carbocycles. The van der Waals surface area contributed by atoms with Gasteiger partial charge in [-0.25, -0.2) is 14.8 Å². The van der Waals surface area contributed by atoms with Crippen LogP contribution in [0.4, 0.5) is 0 Å². The highest BCUT2D eigenvalue weighted by Gasteiger charge is 2.32. The van der Waals surface area contributed by atoms with Crippen molar-refractivity contribution in [3.05, 3.63) is 29.0 Å². The molecule has 0 amide bonds. The van der Waals surface area contributed by atoms with Gasteiger partial charge in [0, 0.05) is 30.4 Å². The first kappa shape index (κ1) is 11.9. The number of carboxylic acid groups (broad SMARTS) is 1. The normalized spacial score (nSPS) is 19.5. The number of carboxylic acids is 1. The van der Waals surface area contributed by atoms with Gasteiger partial charge in [0.1, 0.15) is 5.65 Å². The second-order valence-corrected chi connectivity index (χ2v) is 4.40. The third-order valence-electron chi connectivity index (χ3n) is 2.82. The molecular formula is C11H9ClN4O3. The molecule has 0 radical (unpaired) electrons. The number of fused-ring (bicyclic) bond motifs is 1. The average molecular weight is 281 g/mol. The Morgan fingerprint density at radius 1 is 1.63 bits per heavy atom. The highest BCUT2D eigenvalue weighted by atomic mass is 35.5. The molecule has 3 heterocycles. The lowest BCUT2D eigenvalue weighted by atomic mass is 10.2. The molecule has 98 valence electrons. The van der Waals surface area contributed by atoms with Crippen molar-refractivity contribution in [2.75, 3.05) is 7.05 Å². The molecule has 19 heavy (non-hydrogen) atoms. The number of carbonyl (C=O) groups is 1. The van der Waals surface area contributed by atoms with Crippen molar-refractivity contribution in [3.8, 4) is 0 Å². The van der Waals surface area contributed by atoms with E-state index in [4.69, 9.17) is 21.5 Å². The minimum absolute atomic E-state index is 0.363. The van der Waals surface area contributed by atoms with Crippen molar-refractivity contribution in [1.29, 1.82) is 0 Å². The second-order valence-electron chi connectivity index (χ2n) is 4.02. The molecule has 2 N–H and O–H groups in total. The number of aliphatic carboxylic acids is 1. The van der Waals surface area contributed by atoms with Gasteiger partial charge in [0.15, 0.2) is 6.17 Å². The number of rotatable bonds is 2.